The number of hydrogen-bond donors (Lipinski definition) is 1. The van der Waals surface area contributed by atoms with E-state index in [1.807, 2.05) is 23.1 Å². The van der Waals surface area contributed by atoms with Gasteiger partial charge < -0.3 is 19.7 Å². The molecule has 0 spiro atoms. The first kappa shape index (κ1) is 18.5. The Balaban J connectivity index is 1.31. The Morgan fingerprint density at radius 3 is 2.82 bits per heavy atom. The number of carbonyl (C=O) groups excluding carboxylic acids is 1. The number of hydrogen-bond acceptors (Lipinski definition) is 4. The third-order valence-electron chi connectivity index (χ3n) is 5.13. The molecule has 1 atom stereocenters. The molecule has 0 aliphatic carbocycles. The highest BCUT2D eigenvalue weighted by atomic mass is 19.2. The molecule has 0 bridgehead atoms. The quantitative estimate of drug-likeness (QED) is 0.848. The summed E-state index contributed by atoms with van der Waals surface area (Å²) in [5, 5.41) is 3.20. The summed E-state index contributed by atoms with van der Waals surface area (Å²) in [6.45, 7) is 1.51. The first-order valence-corrected chi connectivity index (χ1v) is 9.46. The van der Waals surface area contributed by atoms with E-state index in [4.69, 9.17) is 9.47 Å². The molecule has 1 fully saturated rings. The van der Waals surface area contributed by atoms with Crippen LogP contribution in [0.2, 0.25) is 0 Å². The number of rotatable bonds is 5. The zero-order chi connectivity index (χ0) is 19.5. The molecule has 1 amide bonds. The molecule has 2 aliphatic heterocycles. The summed E-state index contributed by atoms with van der Waals surface area (Å²) in [5.41, 5.74) is 1.56. The maximum atomic E-state index is 13.4. The van der Waals surface area contributed by atoms with Crippen molar-refractivity contribution in [3.63, 3.8) is 0 Å². The maximum Gasteiger partial charge on any atom is 0.231 e. The Hall–Kier alpha value is -2.83. The monoisotopic (exact) mass is 388 g/mol. The van der Waals surface area contributed by atoms with Crippen molar-refractivity contribution in [3.05, 3.63) is 53.6 Å². The van der Waals surface area contributed by atoms with Crippen molar-refractivity contribution >= 4 is 11.6 Å². The van der Waals surface area contributed by atoms with Crippen LogP contribution < -0.4 is 14.8 Å². The second-order valence-corrected chi connectivity index (χ2v) is 7.14. The number of nitrogens with one attached hydrogen (secondary N) is 1. The molecule has 1 N–H and O–H groups in total. The molecule has 0 unspecified atom stereocenters. The maximum absolute atomic E-state index is 13.4. The van der Waals surface area contributed by atoms with Crippen LogP contribution in [0.4, 0.5) is 14.5 Å². The number of aryl methyl sites for hydroxylation is 1. The SMILES string of the molecule is O=C(CCc1ccc2c(c1)OCO2)N1CCC[C@@H](Nc2ccc(F)c(F)c2)C1. The number of piperidine rings is 1. The van der Waals surface area contributed by atoms with Crippen molar-refractivity contribution in [1.29, 1.82) is 0 Å². The van der Waals surface area contributed by atoms with Crippen molar-refractivity contribution in [2.24, 2.45) is 0 Å². The third kappa shape index (κ3) is 4.18. The minimum Gasteiger partial charge on any atom is -0.454 e. The average Bonchev–Trinajstić information content (AvgIpc) is 3.17. The van der Waals surface area contributed by atoms with Gasteiger partial charge in [-0.3, -0.25) is 4.79 Å². The highest BCUT2D eigenvalue weighted by Gasteiger charge is 2.24. The van der Waals surface area contributed by atoms with Crippen molar-refractivity contribution in [1.82, 2.24) is 4.90 Å². The Morgan fingerprint density at radius 1 is 1.11 bits per heavy atom. The van der Waals surface area contributed by atoms with Gasteiger partial charge in [0, 0.05) is 37.3 Å². The van der Waals surface area contributed by atoms with E-state index in [0.29, 0.717) is 25.1 Å². The molecule has 2 aromatic carbocycles. The largest absolute Gasteiger partial charge is 0.454 e. The second kappa shape index (κ2) is 8.04. The van der Waals surface area contributed by atoms with Gasteiger partial charge >= 0.3 is 0 Å². The fourth-order valence-corrected chi connectivity index (χ4v) is 3.65. The van der Waals surface area contributed by atoms with Crippen LogP contribution >= 0.6 is 0 Å². The average molecular weight is 388 g/mol. The van der Waals surface area contributed by atoms with Crippen LogP contribution in [0, 0.1) is 11.6 Å². The molecule has 148 valence electrons. The molecule has 0 radical (unpaired) electrons. The number of halogens is 2. The number of ether oxygens (including phenoxy) is 2. The summed E-state index contributed by atoms with van der Waals surface area (Å²) >= 11 is 0. The standard InChI is InChI=1S/C21H22F2N2O3/c22-17-6-5-15(11-18(17)23)24-16-2-1-9-25(12-16)21(26)8-4-14-3-7-19-20(10-14)28-13-27-19/h3,5-7,10-11,16,24H,1-2,4,8-9,12-13H2/t16-/m1/s1. The highest BCUT2D eigenvalue weighted by molar-refractivity contribution is 5.76. The zero-order valence-corrected chi connectivity index (χ0v) is 15.4. The molecule has 5 nitrogen and oxygen atoms in total. The van der Waals surface area contributed by atoms with E-state index in [9.17, 15) is 13.6 Å². The second-order valence-electron chi connectivity index (χ2n) is 7.14. The molecule has 28 heavy (non-hydrogen) atoms. The Labute approximate surface area is 162 Å². The predicted molar refractivity (Wildman–Crippen MR) is 100 cm³/mol. The molecular formula is C21H22F2N2O3. The van der Waals surface area contributed by atoms with Crippen LogP contribution in [0.15, 0.2) is 36.4 Å². The molecule has 2 heterocycles. The van der Waals surface area contributed by atoms with Gasteiger partial charge in [-0.25, -0.2) is 8.78 Å². The summed E-state index contributed by atoms with van der Waals surface area (Å²) in [6.07, 6.45) is 2.80. The Kier molecular flexibility index (Phi) is 5.32. The van der Waals surface area contributed by atoms with Gasteiger partial charge in [-0.05, 0) is 49.1 Å². The van der Waals surface area contributed by atoms with E-state index in [-0.39, 0.29) is 18.7 Å². The molecule has 7 heteroatoms. The number of carbonyl (C=O) groups is 1. The fraction of sp³-hybridized carbons (Fsp3) is 0.381. The first-order chi connectivity index (χ1) is 13.6. The van der Waals surface area contributed by atoms with E-state index in [2.05, 4.69) is 5.32 Å². The minimum absolute atomic E-state index is 0.0214. The summed E-state index contributed by atoms with van der Waals surface area (Å²) in [5.74, 6) is -0.197. The van der Waals surface area contributed by atoms with Crippen LogP contribution in [-0.4, -0.2) is 36.7 Å². The van der Waals surface area contributed by atoms with Gasteiger partial charge in [0.1, 0.15) is 0 Å². The number of benzene rings is 2. The van der Waals surface area contributed by atoms with Gasteiger partial charge in [-0.15, -0.1) is 0 Å². The molecule has 2 aromatic rings. The van der Waals surface area contributed by atoms with E-state index >= 15 is 0 Å². The highest BCUT2D eigenvalue weighted by Crippen LogP contribution is 2.32. The summed E-state index contributed by atoms with van der Waals surface area (Å²) < 4.78 is 37.1. The number of likely N-dealkylation sites (tertiary alicyclic amines) is 1. The van der Waals surface area contributed by atoms with Crippen molar-refractivity contribution in [2.75, 3.05) is 25.2 Å². The van der Waals surface area contributed by atoms with Crippen molar-refractivity contribution < 1.29 is 23.0 Å². The smallest absolute Gasteiger partial charge is 0.231 e. The lowest BCUT2D eigenvalue weighted by Gasteiger charge is -2.34. The summed E-state index contributed by atoms with van der Waals surface area (Å²) in [7, 11) is 0. The van der Waals surface area contributed by atoms with Crippen molar-refractivity contribution in [2.45, 2.75) is 31.7 Å². The number of fused-ring (bicyclic) bond motifs is 1. The number of amides is 1. The van der Waals surface area contributed by atoms with Gasteiger partial charge in [0.25, 0.3) is 0 Å². The molecule has 1 saturated heterocycles. The third-order valence-corrected chi connectivity index (χ3v) is 5.13. The van der Waals surface area contributed by atoms with Crippen LogP contribution in [0.25, 0.3) is 0 Å². The fourth-order valence-electron chi connectivity index (χ4n) is 3.65. The minimum atomic E-state index is -0.877. The molecular weight excluding hydrogens is 366 g/mol. The van der Waals surface area contributed by atoms with E-state index < -0.39 is 11.6 Å². The molecule has 0 saturated carbocycles. The van der Waals surface area contributed by atoms with Crippen LogP contribution in [0.1, 0.15) is 24.8 Å². The lowest BCUT2D eigenvalue weighted by molar-refractivity contribution is -0.132. The van der Waals surface area contributed by atoms with Crippen LogP contribution in [-0.2, 0) is 11.2 Å². The number of nitrogens with zero attached hydrogens (tertiary/aromatic N) is 1. The van der Waals surface area contributed by atoms with Gasteiger partial charge in [0.2, 0.25) is 12.7 Å². The van der Waals surface area contributed by atoms with Crippen LogP contribution in [0.5, 0.6) is 11.5 Å². The normalized spacial score (nSPS) is 18.2. The van der Waals surface area contributed by atoms with Gasteiger partial charge in [-0.1, -0.05) is 6.07 Å². The van der Waals surface area contributed by atoms with Crippen LogP contribution in [0.3, 0.4) is 0 Å². The molecule has 2 aliphatic rings. The van der Waals surface area contributed by atoms with E-state index in [0.717, 1.165) is 48.6 Å². The lowest BCUT2D eigenvalue weighted by Crippen LogP contribution is -2.45. The molecule has 4 rings (SSSR count). The van der Waals surface area contributed by atoms with Gasteiger partial charge in [-0.2, -0.15) is 0 Å². The summed E-state index contributed by atoms with van der Waals surface area (Å²) in [4.78, 5) is 14.5. The zero-order valence-electron chi connectivity index (χ0n) is 15.4. The first-order valence-electron chi connectivity index (χ1n) is 9.46. The summed E-state index contributed by atoms with van der Waals surface area (Å²) in [6, 6.07) is 9.52. The van der Waals surface area contributed by atoms with Gasteiger partial charge in [0.05, 0.1) is 0 Å². The van der Waals surface area contributed by atoms with E-state index in [1.54, 1.807) is 0 Å². The Bertz CT molecular complexity index is 875. The predicted octanol–water partition coefficient (Wildman–Crippen LogP) is 3.73. The van der Waals surface area contributed by atoms with E-state index in [1.165, 1.54) is 6.07 Å². The van der Waals surface area contributed by atoms with Crippen molar-refractivity contribution in [3.8, 4) is 11.5 Å². The Morgan fingerprint density at radius 2 is 1.96 bits per heavy atom. The van der Waals surface area contributed by atoms with Gasteiger partial charge in [0.15, 0.2) is 23.1 Å². The molecule has 0 aromatic heterocycles. The number of anilines is 1. The lowest BCUT2D eigenvalue weighted by atomic mass is 10.0. The topological polar surface area (TPSA) is 50.8 Å².